The molecule has 15 heavy (non-hydrogen) atoms. The van der Waals surface area contributed by atoms with E-state index in [0.717, 1.165) is 0 Å². The second kappa shape index (κ2) is 5.79. The van der Waals surface area contributed by atoms with Crippen molar-refractivity contribution in [1.29, 1.82) is 0 Å². The molecule has 0 aromatic rings. The Labute approximate surface area is 87.6 Å². The second-order valence-electron chi connectivity index (χ2n) is 2.88. The summed E-state index contributed by atoms with van der Waals surface area (Å²) in [6.07, 6.45) is 4.39. The van der Waals surface area contributed by atoms with Crippen molar-refractivity contribution < 1.29 is 14.3 Å². The van der Waals surface area contributed by atoms with Crippen LogP contribution in [0.3, 0.4) is 0 Å². The summed E-state index contributed by atoms with van der Waals surface area (Å²) in [5.74, 6) is -0.145. The van der Waals surface area contributed by atoms with Crippen molar-refractivity contribution in [2.24, 2.45) is 4.99 Å². The van der Waals surface area contributed by atoms with E-state index < -0.39 is 6.09 Å². The fraction of sp³-hybridized carbons (Fsp3) is 0.444. The third-order valence-corrected chi connectivity index (χ3v) is 1.63. The van der Waals surface area contributed by atoms with Gasteiger partial charge in [-0.05, 0) is 6.08 Å². The standard InChI is InChI=1S/C9H13N3O3/c1-8(13)11-4-6-15-9(14)12-5-2-3-10-7-12/h2-3,5H,4,6-7H2,1H3,(H,11,13). The smallest absolute Gasteiger partial charge is 0.415 e. The van der Waals surface area contributed by atoms with Crippen LogP contribution in [-0.2, 0) is 9.53 Å². The SMILES string of the molecule is CC(=O)NCCOC(=O)N1C=CC=NC1. The van der Waals surface area contributed by atoms with Crippen LogP contribution in [0.15, 0.2) is 17.3 Å². The lowest BCUT2D eigenvalue weighted by Gasteiger charge is -2.17. The molecule has 82 valence electrons. The minimum absolute atomic E-state index is 0.145. The molecule has 0 saturated heterocycles. The van der Waals surface area contributed by atoms with Crippen LogP contribution in [0.25, 0.3) is 0 Å². The Balaban J connectivity index is 2.16. The van der Waals surface area contributed by atoms with Gasteiger partial charge in [-0.1, -0.05) is 0 Å². The average Bonchev–Trinajstić information content (AvgIpc) is 2.25. The van der Waals surface area contributed by atoms with Crippen LogP contribution < -0.4 is 5.32 Å². The summed E-state index contributed by atoms with van der Waals surface area (Å²) in [5.41, 5.74) is 0. The molecule has 0 saturated carbocycles. The third-order valence-electron chi connectivity index (χ3n) is 1.63. The fourth-order valence-electron chi connectivity index (χ4n) is 0.952. The largest absolute Gasteiger partial charge is 0.447 e. The van der Waals surface area contributed by atoms with Crippen LogP contribution >= 0.6 is 0 Å². The first-order valence-electron chi connectivity index (χ1n) is 4.54. The number of hydrogen-bond donors (Lipinski definition) is 1. The van der Waals surface area contributed by atoms with E-state index in [0.29, 0.717) is 6.54 Å². The van der Waals surface area contributed by atoms with Gasteiger partial charge >= 0.3 is 6.09 Å². The van der Waals surface area contributed by atoms with Crippen molar-refractivity contribution in [2.45, 2.75) is 6.92 Å². The van der Waals surface area contributed by atoms with Gasteiger partial charge in [-0.25, -0.2) is 4.79 Å². The molecular formula is C9H13N3O3. The summed E-state index contributed by atoms with van der Waals surface area (Å²) in [7, 11) is 0. The summed E-state index contributed by atoms with van der Waals surface area (Å²) in [5, 5.41) is 2.52. The molecule has 0 fully saturated rings. The zero-order chi connectivity index (χ0) is 11.1. The van der Waals surface area contributed by atoms with Crippen molar-refractivity contribution >= 4 is 18.2 Å². The highest BCUT2D eigenvalue weighted by atomic mass is 16.6. The van der Waals surface area contributed by atoms with Crippen molar-refractivity contribution in [3.05, 3.63) is 12.3 Å². The lowest BCUT2D eigenvalue weighted by atomic mass is 10.5. The predicted octanol–water partition coefficient (Wildman–Crippen LogP) is 0.117. The van der Waals surface area contributed by atoms with Crippen molar-refractivity contribution in [2.75, 3.05) is 19.8 Å². The van der Waals surface area contributed by atoms with Crippen LogP contribution in [0.4, 0.5) is 4.79 Å². The van der Waals surface area contributed by atoms with Crippen LogP contribution in [0.5, 0.6) is 0 Å². The number of carbonyl (C=O) groups is 2. The molecule has 1 aliphatic heterocycles. The molecule has 1 rings (SSSR count). The molecule has 0 radical (unpaired) electrons. The van der Waals surface area contributed by atoms with Crippen LogP contribution in [0, 0.1) is 0 Å². The van der Waals surface area contributed by atoms with E-state index in [1.165, 1.54) is 11.8 Å². The maximum atomic E-state index is 11.3. The van der Waals surface area contributed by atoms with Gasteiger partial charge in [0.2, 0.25) is 5.91 Å². The molecule has 0 atom stereocenters. The minimum atomic E-state index is -0.464. The van der Waals surface area contributed by atoms with Gasteiger partial charge < -0.3 is 10.1 Å². The van der Waals surface area contributed by atoms with Gasteiger partial charge in [0.15, 0.2) is 0 Å². The van der Waals surface area contributed by atoms with Crippen molar-refractivity contribution in [3.63, 3.8) is 0 Å². The first kappa shape index (κ1) is 11.2. The first-order chi connectivity index (χ1) is 7.20. The predicted molar refractivity (Wildman–Crippen MR) is 54.4 cm³/mol. The number of ether oxygens (including phenoxy) is 1. The molecule has 0 aromatic heterocycles. The van der Waals surface area contributed by atoms with Gasteiger partial charge in [0.1, 0.15) is 13.3 Å². The highest BCUT2D eigenvalue weighted by Crippen LogP contribution is 1.98. The van der Waals surface area contributed by atoms with E-state index in [9.17, 15) is 9.59 Å². The van der Waals surface area contributed by atoms with E-state index >= 15 is 0 Å². The Bertz CT molecular complexity index is 299. The summed E-state index contributed by atoms with van der Waals surface area (Å²) in [6.45, 7) is 2.16. The normalized spacial score (nSPS) is 13.8. The number of amides is 2. The Kier molecular flexibility index (Phi) is 4.33. The molecular weight excluding hydrogens is 198 g/mol. The van der Waals surface area contributed by atoms with E-state index in [1.54, 1.807) is 18.5 Å². The highest BCUT2D eigenvalue weighted by molar-refractivity contribution is 5.76. The zero-order valence-electron chi connectivity index (χ0n) is 8.47. The topological polar surface area (TPSA) is 71.0 Å². The van der Waals surface area contributed by atoms with Gasteiger partial charge in [0, 0.05) is 19.3 Å². The number of nitrogens with one attached hydrogen (secondary N) is 1. The van der Waals surface area contributed by atoms with E-state index in [-0.39, 0.29) is 19.2 Å². The van der Waals surface area contributed by atoms with Gasteiger partial charge in [0.05, 0.1) is 6.54 Å². The zero-order valence-corrected chi connectivity index (χ0v) is 8.47. The highest BCUT2D eigenvalue weighted by Gasteiger charge is 2.11. The summed E-state index contributed by atoms with van der Waals surface area (Å²) >= 11 is 0. The average molecular weight is 211 g/mol. The maximum absolute atomic E-state index is 11.3. The number of rotatable bonds is 3. The Morgan fingerprint density at radius 2 is 2.40 bits per heavy atom. The number of allylic oxidation sites excluding steroid dienone is 1. The summed E-state index contributed by atoms with van der Waals surface area (Å²) in [4.78, 5) is 27.0. The molecule has 1 heterocycles. The Morgan fingerprint density at radius 1 is 1.60 bits per heavy atom. The molecule has 6 heteroatoms. The quantitative estimate of drug-likeness (QED) is 0.674. The van der Waals surface area contributed by atoms with Crippen LogP contribution in [-0.4, -0.2) is 42.9 Å². The molecule has 0 aliphatic carbocycles. The lowest BCUT2D eigenvalue weighted by Crippen LogP contribution is -2.31. The number of aliphatic imine (C=N–C) groups is 1. The van der Waals surface area contributed by atoms with E-state index in [1.807, 2.05) is 0 Å². The van der Waals surface area contributed by atoms with Crippen LogP contribution in [0.1, 0.15) is 6.92 Å². The van der Waals surface area contributed by atoms with Crippen molar-refractivity contribution in [3.8, 4) is 0 Å². The van der Waals surface area contributed by atoms with Gasteiger partial charge in [-0.3, -0.25) is 14.7 Å². The fourth-order valence-corrected chi connectivity index (χ4v) is 0.952. The first-order valence-corrected chi connectivity index (χ1v) is 4.54. The summed E-state index contributed by atoms with van der Waals surface area (Å²) < 4.78 is 4.88. The van der Waals surface area contributed by atoms with Crippen LogP contribution in [0.2, 0.25) is 0 Å². The molecule has 0 unspecified atom stereocenters. The molecule has 6 nitrogen and oxygen atoms in total. The van der Waals surface area contributed by atoms with Gasteiger partial charge in [-0.15, -0.1) is 0 Å². The second-order valence-corrected chi connectivity index (χ2v) is 2.88. The molecule has 1 N–H and O–H groups in total. The monoisotopic (exact) mass is 211 g/mol. The number of nitrogens with zero attached hydrogens (tertiary/aromatic N) is 2. The van der Waals surface area contributed by atoms with Gasteiger partial charge in [-0.2, -0.15) is 0 Å². The minimum Gasteiger partial charge on any atom is -0.447 e. The Morgan fingerprint density at radius 3 is 3.00 bits per heavy atom. The molecule has 1 aliphatic rings. The van der Waals surface area contributed by atoms with Crippen molar-refractivity contribution in [1.82, 2.24) is 10.2 Å². The summed E-state index contributed by atoms with van der Waals surface area (Å²) in [6, 6.07) is 0. The number of hydrogen-bond acceptors (Lipinski definition) is 4. The maximum Gasteiger partial charge on any atom is 0.415 e. The molecule has 2 amide bonds. The molecule has 0 bridgehead atoms. The van der Waals surface area contributed by atoms with E-state index in [2.05, 4.69) is 10.3 Å². The third kappa shape index (κ3) is 4.26. The number of carbonyl (C=O) groups excluding carboxylic acids is 2. The van der Waals surface area contributed by atoms with E-state index in [4.69, 9.17) is 4.74 Å². The Hall–Kier alpha value is -1.85. The van der Waals surface area contributed by atoms with Gasteiger partial charge in [0.25, 0.3) is 0 Å². The molecule has 0 aromatic carbocycles. The molecule has 0 spiro atoms. The lowest BCUT2D eigenvalue weighted by molar-refractivity contribution is -0.119.